The minimum Gasteiger partial charge on any atom is -0.362 e. The van der Waals surface area contributed by atoms with Crippen molar-refractivity contribution in [3.63, 3.8) is 0 Å². The molecule has 0 aliphatic rings. The zero-order valence-electron chi connectivity index (χ0n) is 12.1. The summed E-state index contributed by atoms with van der Waals surface area (Å²) in [5.74, 6) is -0.319. The van der Waals surface area contributed by atoms with Crippen molar-refractivity contribution in [2.24, 2.45) is 0 Å². The molecule has 122 valence electrons. The first kappa shape index (κ1) is 18.6. The predicted octanol–water partition coefficient (Wildman–Crippen LogP) is 5.14. The Morgan fingerprint density at radius 1 is 1.13 bits per heavy atom. The summed E-state index contributed by atoms with van der Waals surface area (Å²) in [4.78, 5) is 12.4. The fraction of sp³-hybridized carbons (Fsp3) is 0.188. The summed E-state index contributed by atoms with van der Waals surface area (Å²) in [5, 5.41) is 5.76. The van der Waals surface area contributed by atoms with Crippen molar-refractivity contribution in [1.82, 2.24) is 5.32 Å². The van der Waals surface area contributed by atoms with Gasteiger partial charge in [0.15, 0.2) is 0 Å². The molecule has 2 aromatic rings. The van der Waals surface area contributed by atoms with E-state index in [9.17, 15) is 4.79 Å². The van der Waals surface area contributed by atoms with E-state index in [0.717, 1.165) is 14.8 Å². The molecule has 7 heteroatoms. The minimum atomic E-state index is -1.71. The van der Waals surface area contributed by atoms with Crippen molar-refractivity contribution in [1.29, 1.82) is 0 Å². The van der Waals surface area contributed by atoms with Gasteiger partial charge in [-0.05, 0) is 65.4 Å². The van der Waals surface area contributed by atoms with Gasteiger partial charge in [0.2, 0.25) is 3.79 Å². The standard InChI is InChI=1S/C16H14Cl3IN2O/c1-10-4-2-7-13(8-10)21-15(16(17,18)19)22-14(23)11-5-3-6-12(20)9-11/h2-9,15,21H,1H3,(H,22,23). The number of amides is 1. The molecule has 0 aliphatic carbocycles. The number of carbonyl (C=O) groups excluding carboxylic acids is 1. The van der Waals surface area contributed by atoms with Gasteiger partial charge >= 0.3 is 0 Å². The van der Waals surface area contributed by atoms with E-state index in [1.165, 1.54) is 0 Å². The van der Waals surface area contributed by atoms with Gasteiger partial charge in [-0.3, -0.25) is 4.79 Å². The first-order valence-electron chi connectivity index (χ1n) is 6.72. The normalized spacial score (nSPS) is 12.6. The van der Waals surface area contributed by atoms with Gasteiger partial charge in [-0.1, -0.05) is 53.0 Å². The van der Waals surface area contributed by atoms with Crippen LogP contribution in [0.3, 0.4) is 0 Å². The summed E-state index contributed by atoms with van der Waals surface area (Å²) in [7, 11) is 0. The molecule has 2 aromatic carbocycles. The third kappa shape index (κ3) is 5.71. The molecule has 1 unspecified atom stereocenters. The Hall–Kier alpha value is -0.690. The van der Waals surface area contributed by atoms with E-state index in [2.05, 4.69) is 33.2 Å². The molecule has 0 aliphatic heterocycles. The van der Waals surface area contributed by atoms with E-state index in [-0.39, 0.29) is 5.91 Å². The van der Waals surface area contributed by atoms with Gasteiger partial charge in [-0.25, -0.2) is 0 Å². The van der Waals surface area contributed by atoms with E-state index in [4.69, 9.17) is 34.8 Å². The summed E-state index contributed by atoms with van der Waals surface area (Å²) >= 11 is 20.1. The number of anilines is 1. The Balaban J connectivity index is 2.18. The number of benzene rings is 2. The fourth-order valence-electron chi connectivity index (χ4n) is 1.95. The molecule has 0 heterocycles. The van der Waals surface area contributed by atoms with Gasteiger partial charge in [-0.15, -0.1) is 0 Å². The average molecular weight is 484 g/mol. The lowest BCUT2D eigenvalue weighted by Crippen LogP contribution is -2.49. The molecule has 2 rings (SSSR count). The number of halogens is 4. The second-order valence-corrected chi connectivity index (χ2v) is 8.59. The maximum Gasteiger partial charge on any atom is 0.253 e. The lowest BCUT2D eigenvalue weighted by molar-refractivity contribution is 0.0942. The van der Waals surface area contributed by atoms with E-state index in [0.29, 0.717) is 5.56 Å². The van der Waals surface area contributed by atoms with Crippen LogP contribution in [0.4, 0.5) is 5.69 Å². The van der Waals surface area contributed by atoms with E-state index >= 15 is 0 Å². The molecular formula is C16H14Cl3IN2O. The highest BCUT2D eigenvalue weighted by molar-refractivity contribution is 14.1. The second-order valence-electron chi connectivity index (χ2n) is 4.97. The quantitative estimate of drug-likeness (QED) is 0.359. The van der Waals surface area contributed by atoms with Gasteiger partial charge in [0, 0.05) is 14.8 Å². The zero-order chi connectivity index (χ0) is 17.0. The SMILES string of the molecule is Cc1cccc(NC(NC(=O)c2cccc(I)c2)C(Cl)(Cl)Cl)c1. The molecule has 1 amide bonds. The lowest BCUT2D eigenvalue weighted by Gasteiger charge is -2.27. The average Bonchev–Trinajstić information content (AvgIpc) is 2.45. The van der Waals surface area contributed by atoms with Crippen LogP contribution in [0.15, 0.2) is 48.5 Å². The number of alkyl halides is 3. The highest BCUT2D eigenvalue weighted by Gasteiger charge is 2.34. The monoisotopic (exact) mass is 482 g/mol. The van der Waals surface area contributed by atoms with Crippen molar-refractivity contribution in [3.05, 3.63) is 63.2 Å². The molecule has 0 fully saturated rings. The fourth-order valence-corrected chi connectivity index (χ4v) is 2.82. The van der Waals surface area contributed by atoms with Crippen LogP contribution >= 0.6 is 57.4 Å². The Labute approximate surface area is 163 Å². The Morgan fingerprint density at radius 2 is 1.83 bits per heavy atom. The van der Waals surface area contributed by atoms with Crippen molar-refractivity contribution in [2.75, 3.05) is 5.32 Å². The number of rotatable bonds is 4. The first-order valence-corrected chi connectivity index (χ1v) is 8.93. The smallest absolute Gasteiger partial charge is 0.253 e. The maximum atomic E-state index is 12.4. The molecule has 0 saturated carbocycles. The second kappa shape index (κ2) is 7.92. The molecule has 2 N–H and O–H groups in total. The van der Waals surface area contributed by atoms with Crippen LogP contribution in [0.1, 0.15) is 15.9 Å². The van der Waals surface area contributed by atoms with Gasteiger partial charge in [0.1, 0.15) is 6.17 Å². The van der Waals surface area contributed by atoms with Crippen LogP contribution in [0.25, 0.3) is 0 Å². The van der Waals surface area contributed by atoms with Crippen molar-refractivity contribution >= 4 is 69.0 Å². The van der Waals surface area contributed by atoms with Gasteiger partial charge < -0.3 is 10.6 Å². The van der Waals surface area contributed by atoms with Gasteiger partial charge in [0.05, 0.1) is 0 Å². The van der Waals surface area contributed by atoms with Gasteiger partial charge in [-0.2, -0.15) is 0 Å². The molecule has 0 radical (unpaired) electrons. The highest BCUT2D eigenvalue weighted by atomic mass is 127. The van der Waals surface area contributed by atoms with Crippen LogP contribution < -0.4 is 10.6 Å². The molecule has 1 atom stereocenters. The molecule has 0 aromatic heterocycles. The van der Waals surface area contributed by atoms with E-state index in [1.807, 2.05) is 37.3 Å². The molecule has 0 spiro atoms. The van der Waals surface area contributed by atoms with Crippen LogP contribution in [-0.2, 0) is 0 Å². The highest BCUT2D eigenvalue weighted by Crippen LogP contribution is 2.31. The minimum absolute atomic E-state index is 0.319. The van der Waals surface area contributed by atoms with Crippen LogP contribution in [0.5, 0.6) is 0 Å². The third-order valence-electron chi connectivity index (χ3n) is 3.02. The Bertz CT molecular complexity index is 704. The largest absolute Gasteiger partial charge is 0.362 e. The third-order valence-corrected chi connectivity index (χ3v) is 4.34. The Kier molecular flexibility index (Phi) is 6.42. The maximum absolute atomic E-state index is 12.4. The summed E-state index contributed by atoms with van der Waals surface area (Å²) in [6.07, 6.45) is -0.875. The number of aryl methyl sites for hydroxylation is 1. The molecular weight excluding hydrogens is 469 g/mol. The summed E-state index contributed by atoms with van der Waals surface area (Å²) < 4.78 is -0.756. The summed E-state index contributed by atoms with van der Waals surface area (Å²) in [5.41, 5.74) is 2.31. The molecule has 3 nitrogen and oxygen atoms in total. The van der Waals surface area contributed by atoms with E-state index in [1.54, 1.807) is 18.2 Å². The Morgan fingerprint density at radius 3 is 2.43 bits per heavy atom. The number of hydrogen-bond donors (Lipinski definition) is 2. The first-order chi connectivity index (χ1) is 10.8. The van der Waals surface area contributed by atoms with Crippen LogP contribution in [0.2, 0.25) is 0 Å². The lowest BCUT2D eigenvalue weighted by atomic mass is 10.2. The van der Waals surface area contributed by atoms with Crippen molar-refractivity contribution in [2.45, 2.75) is 16.9 Å². The molecule has 23 heavy (non-hydrogen) atoms. The molecule has 0 bridgehead atoms. The van der Waals surface area contributed by atoms with Gasteiger partial charge in [0.25, 0.3) is 5.91 Å². The summed E-state index contributed by atoms with van der Waals surface area (Å²) in [6, 6.07) is 14.8. The van der Waals surface area contributed by atoms with Crippen LogP contribution in [-0.4, -0.2) is 15.9 Å². The summed E-state index contributed by atoms with van der Waals surface area (Å²) in [6.45, 7) is 1.96. The number of nitrogens with one attached hydrogen (secondary N) is 2. The number of carbonyl (C=O) groups is 1. The topological polar surface area (TPSA) is 41.1 Å². The predicted molar refractivity (Wildman–Crippen MR) is 106 cm³/mol. The number of hydrogen-bond acceptors (Lipinski definition) is 2. The molecule has 0 saturated heterocycles. The van der Waals surface area contributed by atoms with Crippen LogP contribution in [0, 0.1) is 10.5 Å². The van der Waals surface area contributed by atoms with Crippen molar-refractivity contribution < 1.29 is 4.79 Å². The van der Waals surface area contributed by atoms with Crippen molar-refractivity contribution in [3.8, 4) is 0 Å². The van der Waals surface area contributed by atoms with E-state index < -0.39 is 9.96 Å². The zero-order valence-corrected chi connectivity index (χ0v) is 16.5.